The van der Waals surface area contributed by atoms with Crippen LogP contribution in [0.25, 0.3) is 11.3 Å². The van der Waals surface area contributed by atoms with E-state index in [2.05, 4.69) is 26.5 Å². The molecule has 0 saturated carbocycles. The third-order valence-electron chi connectivity index (χ3n) is 5.36. The van der Waals surface area contributed by atoms with Crippen LogP contribution < -0.4 is 16.2 Å². The number of ether oxygens (including phenoxy) is 1. The number of methoxy groups -OCH3 is 1. The number of aryl methyl sites for hydroxylation is 1. The van der Waals surface area contributed by atoms with E-state index in [1.165, 1.54) is 25.4 Å². The van der Waals surface area contributed by atoms with Gasteiger partial charge in [0.05, 0.1) is 42.0 Å². The van der Waals surface area contributed by atoms with Gasteiger partial charge >= 0.3 is 0 Å². The maximum Gasteiger partial charge on any atom is 0.258 e. The third kappa shape index (κ3) is 3.59. The molecule has 0 fully saturated rings. The van der Waals surface area contributed by atoms with Gasteiger partial charge in [0, 0.05) is 18.5 Å². The minimum absolute atomic E-state index is 0.0958. The predicted octanol–water partition coefficient (Wildman–Crippen LogP) is 2.48. The zero-order chi connectivity index (χ0) is 23.0. The highest BCUT2D eigenvalue weighted by atomic mass is 19.1. The molecule has 1 aliphatic rings. The smallest absolute Gasteiger partial charge is 0.258 e. The number of carbonyl (C=O) groups is 1. The number of hydrogen-bond donors (Lipinski definition) is 2. The van der Waals surface area contributed by atoms with Crippen LogP contribution in [0.4, 0.5) is 16.2 Å². The monoisotopic (exact) mass is 435 g/mol. The normalized spacial score (nSPS) is 15.4. The molecule has 4 N–H and O–H groups in total. The van der Waals surface area contributed by atoms with Gasteiger partial charge in [0.2, 0.25) is 5.95 Å². The largest absolute Gasteiger partial charge is 0.478 e. The summed E-state index contributed by atoms with van der Waals surface area (Å²) in [5.74, 6) is -0.362. The number of benzene rings is 1. The Morgan fingerprint density at radius 2 is 2.09 bits per heavy atom. The first-order chi connectivity index (χ1) is 15.3. The van der Waals surface area contributed by atoms with Crippen molar-refractivity contribution in [3.8, 4) is 17.1 Å². The molecule has 0 radical (unpaired) electrons. The zero-order valence-corrected chi connectivity index (χ0v) is 17.7. The second kappa shape index (κ2) is 8.22. The Labute approximate surface area is 184 Å². The summed E-state index contributed by atoms with van der Waals surface area (Å²) in [6.07, 6.45) is 3.44. The molecule has 9 nitrogen and oxygen atoms in total. The molecule has 1 amide bonds. The number of nitrogens with two attached hydrogens (primary N) is 2. The van der Waals surface area contributed by atoms with Crippen molar-refractivity contribution in [3.05, 3.63) is 65.4 Å². The fourth-order valence-electron chi connectivity index (χ4n) is 3.99. The summed E-state index contributed by atoms with van der Waals surface area (Å²) in [7, 11) is 1.42. The van der Waals surface area contributed by atoms with Gasteiger partial charge in [-0.3, -0.25) is 4.79 Å². The Balaban J connectivity index is 1.90. The van der Waals surface area contributed by atoms with Crippen LogP contribution in [0.15, 0.2) is 37.1 Å². The SMILES string of the molecule is C=CCN1C(=O)c2c(C)nc(N)nc2C[C@@H]1c1ccc(F)cc1-c1cnc(N)c(OC)n1. The van der Waals surface area contributed by atoms with Gasteiger partial charge in [-0.05, 0) is 24.6 Å². The number of fused-ring (bicyclic) bond motifs is 1. The highest BCUT2D eigenvalue weighted by Gasteiger charge is 2.36. The van der Waals surface area contributed by atoms with E-state index >= 15 is 0 Å². The molecule has 0 saturated heterocycles. The van der Waals surface area contributed by atoms with Gasteiger partial charge in [-0.2, -0.15) is 0 Å². The first kappa shape index (κ1) is 21.2. The molecule has 0 bridgehead atoms. The van der Waals surface area contributed by atoms with Crippen molar-refractivity contribution in [3.63, 3.8) is 0 Å². The fraction of sp³-hybridized carbons (Fsp3) is 0.227. The number of nitrogens with zero attached hydrogens (tertiary/aromatic N) is 5. The Hall–Kier alpha value is -4.08. The second-order valence-electron chi connectivity index (χ2n) is 7.34. The molecule has 1 aromatic carbocycles. The van der Waals surface area contributed by atoms with Crippen LogP contribution in [0.1, 0.15) is 33.4 Å². The quantitative estimate of drug-likeness (QED) is 0.584. The summed E-state index contributed by atoms with van der Waals surface area (Å²) in [5.41, 5.74) is 14.6. The first-order valence-electron chi connectivity index (χ1n) is 9.85. The average Bonchev–Trinajstić information content (AvgIpc) is 2.75. The highest BCUT2D eigenvalue weighted by molar-refractivity contribution is 5.98. The standard InChI is InChI=1S/C22H22FN7O2/c1-4-7-30-17(9-15-18(21(30)31)11(2)27-22(25)29-15)13-6-5-12(23)8-14(13)16-10-26-19(24)20(28-16)32-3/h4-6,8,10,17H,1,7,9H2,2-3H3,(H2,24,26)(H2,25,27,29)/t17-/m1/s1. The molecule has 32 heavy (non-hydrogen) atoms. The molecule has 1 aliphatic heterocycles. The summed E-state index contributed by atoms with van der Waals surface area (Å²) in [6.45, 7) is 5.78. The van der Waals surface area contributed by atoms with Crippen molar-refractivity contribution in [2.45, 2.75) is 19.4 Å². The molecule has 3 aromatic rings. The maximum atomic E-state index is 14.3. The van der Waals surface area contributed by atoms with Crippen LogP contribution in [0, 0.1) is 12.7 Å². The fourth-order valence-corrected chi connectivity index (χ4v) is 3.99. The van der Waals surface area contributed by atoms with Gasteiger partial charge in [-0.1, -0.05) is 12.1 Å². The summed E-state index contributed by atoms with van der Waals surface area (Å²) in [4.78, 5) is 32.0. The van der Waals surface area contributed by atoms with E-state index in [0.717, 1.165) is 0 Å². The first-order valence-corrected chi connectivity index (χ1v) is 9.85. The van der Waals surface area contributed by atoms with Crippen molar-refractivity contribution in [2.75, 3.05) is 25.1 Å². The van der Waals surface area contributed by atoms with Crippen LogP contribution in [0.3, 0.4) is 0 Å². The van der Waals surface area contributed by atoms with Crippen LogP contribution in [-0.2, 0) is 6.42 Å². The van der Waals surface area contributed by atoms with Crippen LogP contribution in [-0.4, -0.2) is 44.4 Å². The summed E-state index contributed by atoms with van der Waals surface area (Å²) < 4.78 is 19.5. The average molecular weight is 435 g/mol. The van der Waals surface area contributed by atoms with E-state index in [-0.39, 0.29) is 30.1 Å². The maximum absolute atomic E-state index is 14.3. The van der Waals surface area contributed by atoms with Crippen molar-refractivity contribution < 1.29 is 13.9 Å². The molecule has 2 aromatic heterocycles. The Morgan fingerprint density at radius 1 is 1.31 bits per heavy atom. The molecule has 164 valence electrons. The molecule has 0 unspecified atom stereocenters. The number of nitrogen functional groups attached to an aromatic ring is 2. The number of rotatable bonds is 5. The molecular weight excluding hydrogens is 413 g/mol. The van der Waals surface area contributed by atoms with Crippen molar-refractivity contribution >= 4 is 17.7 Å². The number of halogens is 1. The summed E-state index contributed by atoms with van der Waals surface area (Å²) in [6, 6.07) is 3.85. The predicted molar refractivity (Wildman–Crippen MR) is 117 cm³/mol. The zero-order valence-electron chi connectivity index (χ0n) is 17.7. The topological polar surface area (TPSA) is 133 Å². The van der Waals surface area contributed by atoms with Gasteiger partial charge in [-0.25, -0.2) is 24.3 Å². The molecule has 4 rings (SSSR count). The third-order valence-corrected chi connectivity index (χ3v) is 5.36. The minimum Gasteiger partial charge on any atom is -0.478 e. The van der Waals surface area contributed by atoms with Gasteiger partial charge in [0.25, 0.3) is 11.8 Å². The van der Waals surface area contributed by atoms with E-state index in [1.54, 1.807) is 24.0 Å². The molecule has 0 spiro atoms. The lowest BCUT2D eigenvalue weighted by atomic mass is 9.88. The van der Waals surface area contributed by atoms with Crippen molar-refractivity contribution in [1.82, 2.24) is 24.8 Å². The Morgan fingerprint density at radius 3 is 2.81 bits per heavy atom. The van der Waals surface area contributed by atoms with E-state index in [1.807, 2.05) is 0 Å². The van der Waals surface area contributed by atoms with E-state index in [4.69, 9.17) is 16.2 Å². The number of anilines is 2. The Bertz CT molecular complexity index is 1230. The van der Waals surface area contributed by atoms with Crippen LogP contribution in [0.2, 0.25) is 0 Å². The number of hydrogen-bond acceptors (Lipinski definition) is 8. The van der Waals surface area contributed by atoms with Gasteiger partial charge in [0.15, 0.2) is 5.82 Å². The lowest BCUT2D eigenvalue weighted by Crippen LogP contribution is -2.42. The van der Waals surface area contributed by atoms with Gasteiger partial charge < -0.3 is 21.1 Å². The van der Waals surface area contributed by atoms with E-state index < -0.39 is 11.9 Å². The van der Waals surface area contributed by atoms with E-state index in [9.17, 15) is 9.18 Å². The highest BCUT2D eigenvalue weighted by Crippen LogP contribution is 2.38. The van der Waals surface area contributed by atoms with Crippen molar-refractivity contribution in [2.24, 2.45) is 0 Å². The number of aromatic nitrogens is 4. The summed E-state index contributed by atoms with van der Waals surface area (Å²) >= 11 is 0. The molecule has 10 heteroatoms. The Kier molecular flexibility index (Phi) is 5.43. The number of carbonyl (C=O) groups excluding carboxylic acids is 1. The molecular formula is C22H22FN7O2. The number of amides is 1. The molecule has 0 aliphatic carbocycles. The van der Waals surface area contributed by atoms with Crippen LogP contribution >= 0.6 is 0 Å². The van der Waals surface area contributed by atoms with Crippen molar-refractivity contribution in [1.29, 1.82) is 0 Å². The molecule has 3 heterocycles. The lowest BCUT2D eigenvalue weighted by molar-refractivity contribution is 0.0670. The van der Waals surface area contributed by atoms with E-state index in [0.29, 0.717) is 40.2 Å². The second-order valence-corrected chi connectivity index (χ2v) is 7.34. The molecule has 1 atom stereocenters. The minimum atomic E-state index is -0.470. The van der Waals surface area contributed by atoms with Gasteiger partial charge in [0.1, 0.15) is 5.82 Å². The van der Waals surface area contributed by atoms with Gasteiger partial charge in [-0.15, -0.1) is 6.58 Å². The van der Waals surface area contributed by atoms with Crippen LogP contribution in [0.5, 0.6) is 5.88 Å². The lowest BCUT2D eigenvalue weighted by Gasteiger charge is -2.37. The summed E-state index contributed by atoms with van der Waals surface area (Å²) in [5, 5.41) is 0.